The average molecular weight is 511 g/mol. The van der Waals surface area contributed by atoms with E-state index in [4.69, 9.17) is 4.74 Å². The Balaban J connectivity index is 1.53. The maximum atomic E-state index is 13.1. The fraction of sp³-hybridized carbons (Fsp3) is 0.423. The minimum atomic E-state index is -3.53. The molecule has 0 aliphatic heterocycles. The van der Waals surface area contributed by atoms with Crippen LogP contribution in [0.25, 0.3) is 21.1 Å². The number of thiazole rings is 1. The number of ether oxygens (including phenoxy) is 1. The first-order valence-corrected chi connectivity index (χ1v) is 14.3. The molecule has 1 aliphatic carbocycles. The van der Waals surface area contributed by atoms with Crippen molar-refractivity contribution in [1.82, 2.24) is 15.0 Å². The molecule has 4 aromatic rings. The van der Waals surface area contributed by atoms with Crippen LogP contribution in [0.3, 0.4) is 0 Å². The second-order valence-electron chi connectivity index (χ2n) is 10.1. The quantitative estimate of drug-likeness (QED) is 0.316. The fourth-order valence-electron chi connectivity index (χ4n) is 4.34. The van der Waals surface area contributed by atoms with Crippen LogP contribution in [0, 0.1) is 5.92 Å². The smallest absolute Gasteiger partial charge is 0.232 e. The van der Waals surface area contributed by atoms with Crippen molar-refractivity contribution in [2.24, 2.45) is 5.92 Å². The lowest BCUT2D eigenvalue weighted by atomic mass is 9.90. The Morgan fingerprint density at radius 2 is 1.77 bits per heavy atom. The van der Waals surface area contributed by atoms with Gasteiger partial charge in [-0.3, -0.25) is 5.32 Å². The van der Waals surface area contributed by atoms with Crippen molar-refractivity contribution in [2.45, 2.75) is 62.5 Å². The molecule has 2 heterocycles. The van der Waals surface area contributed by atoms with E-state index in [1.807, 2.05) is 24.3 Å². The molecule has 2 aromatic carbocycles. The first-order chi connectivity index (χ1) is 16.7. The van der Waals surface area contributed by atoms with Crippen molar-refractivity contribution >= 4 is 53.4 Å². The van der Waals surface area contributed by atoms with E-state index in [2.05, 4.69) is 20.3 Å². The predicted molar refractivity (Wildman–Crippen MR) is 141 cm³/mol. The summed E-state index contributed by atoms with van der Waals surface area (Å²) in [7, 11) is -3.53. The first kappa shape index (κ1) is 23.9. The number of rotatable bonds is 6. The molecule has 1 fully saturated rings. The van der Waals surface area contributed by atoms with Gasteiger partial charge in [0.05, 0.1) is 37.4 Å². The zero-order valence-electron chi connectivity index (χ0n) is 20.2. The third kappa shape index (κ3) is 4.97. The van der Waals surface area contributed by atoms with Gasteiger partial charge in [0.15, 0.2) is 15.0 Å². The summed E-state index contributed by atoms with van der Waals surface area (Å²) in [6.45, 7) is 5.67. The van der Waals surface area contributed by atoms with E-state index in [-0.39, 0.29) is 4.90 Å². The molecule has 0 unspecified atom stereocenters. The number of para-hydroxylation sites is 1. The summed E-state index contributed by atoms with van der Waals surface area (Å²) in [5.41, 5.74) is 1.53. The monoisotopic (exact) mass is 510 g/mol. The van der Waals surface area contributed by atoms with Crippen molar-refractivity contribution in [1.29, 1.82) is 0 Å². The topological polar surface area (TPSA) is 94.1 Å². The molecular weight excluding hydrogens is 480 g/mol. The molecule has 0 spiro atoms. The van der Waals surface area contributed by atoms with E-state index in [9.17, 15) is 8.42 Å². The lowest BCUT2D eigenvalue weighted by molar-refractivity contribution is 0.205. The Kier molecular flexibility index (Phi) is 6.40. The number of nitrogens with zero attached hydrogens (tertiary/aromatic N) is 3. The van der Waals surface area contributed by atoms with Gasteiger partial charge < -0.3 is 4.74 Å². The summed E-state index contributed by atoms with van der Waals surface area (Å²) in [6.07, 6.45) is 6.00. The molecule has 35 heavy (non-hydrogen) atoms. The maximum absolute atomic E-state index is 13.1. The Labute approximate surface area is 209 Å². The standard InChI is InChI=1S/C26H30N4O3S2/c1-26(2,3)35(31,32)18-13-14-20-19(15-18)23(33-16-17-9-5-4-6-10-17)29-24(27-20)30-25-28-21-11-7-8-12-22(21)34-25/h7-8,11-15,17H,4-6,9-10,16H2,1-3H3,(H,27,28,29,30). The molecule has 0 saturated heterocycles. The number of hydrogen-bond donors (Lipinski definition) is 1. The normalized spacial score (nSPS) is 15.5. The van der Waals surface area contributed by atoms with Gasteiger partial charge in [0, 0.05) is 0 Å². The van der Waals surface area contributed by atoms with Crippen molar-refractivity contribution in [3.8, 4) is 5.88 Å². The van der Waals surface area contributed by atoms with E-state index in [1.54, 1.807) is 39.0 Å². The van der Waals surface area contributed by atoms with Gasteiger partial charge in [0.25, 0.3) is 0 Å². The van der Waals surface area contributed by atoms with Crippen molar-refractivity contribution in [3.63, 3.8) is 0 Å². The number of fused-ring (bicyclic) bond motifs is 2. The van der Waals surface area contributed by atoms with Gasteiger partial charge in [-0.25, -0.2) is 18.4 Å². The number of aromatic nitrogens is 3. The van der Waals surface area contributed by atoms with Gasteiger partial charge in [-0.2, -0.15) is 4.98 Å². The lowest BCUT2D eigenvalue weighted by Crippen LogP contribution is -2.27. The molecule has 2 aromatic heterocycles. The van der Waals surface area contributed by atoms with Crippen LogP contribution in [0.1, 0.15) is 52.9 Å². The summed E-state index contributed by atoms with van der Waals surface area (Å²) in [4.78, 5) is 14.2. The van der Waals surface area contributed by atoms with E-state index >= 15 is 0 Å². The highest BCUT2D eigenvalue weighted by atomic mass is 32.2. The molecule has 0 atom stereocenters. The maximum Gasteiger partial charge on any atom is 0.232 e. The van der Waals surface area contributed by atoms with Gasteiger partial charge in [-0.05, 0) is 69.9 Å². The minimum absolute atomic E-state index is 0.246. The van der Waals surface area contributed by atoms with Crippen LogP contribution in [0.15, 0.2) is 47.4 Å². The third-order valence-electron chi connectivity index (χ3n) is 6.44. The molecule has 1 saturated carbocycles. The molecule has 0 amide bonds. The second kappa shape index (κ2) is 9.35. The van der Waals surface area contributed by atoms with Crippen LogP contribution in [0.2, 0.25) is 0 Å². The molecule has 0 radical (unpaired) electrons. The van der Waals surface area contributed by atoms with Crippen LogP contribution in [0.5, 0.6) is 5.88 Å². The van der Waals surface area contributed by atoms with E-state index in [0.29, 0.717) is 40.4 Å². The zero-order valence-corrected chi connectivity index (χ0v) is 21.9. The number of anilines is 2. The highest BCUT2D eigenvalue weighted by molar-refractivity contribution is 7.92. The van der Waals surface area contributed by atoms with Crippen LogP contribution in [0.4, 0.5) is 11.1 Å². The van der Waals surface area contributed by atoms with E-state index in [0.717, 1.165) is 23.1 Å². The fourth-order valence-corrected chi connectivity index (χ4v) is 6.42. The second-order valence-corrected chi connectivity index (χ2v) is 13.8. The van der Waals surface area contributed by atoms with Gasteiger partial charge in [-0.1, -0.05) is 42.7 Å². The molecule has 7 nitrogen and oxygen atoms in total. The van der Waals surface area contributed by atoms with Gasteiger partial charge in [0.2, 0.25) is 11.8 Å². The Hall–Kier alpha value is -2.78. The first-order valence-electron chi connectivity index (χ1n) is 12.0. The van der Waals surface area contributed by atoms with Gasteiger partial charge in [0.1, 0.15) is 0 Å². The Morgan fingerprint density at radius 3 is 2.51 bits per heavy atom. The number of nitrogens with one attached hydrogen (secondary N) is 1. The van der Waals surface area contributed by atoms with Crippen molar-refractivity contribution < 1.29 is 13.2 Å². The Morgan fingerprint density at radius 1 is 1.00 bits per heavy atom. The van der Waals surface area contributed by atoms with E-state index < -0.39 is 14.6 Å². The predicted octanol–water partition coefficient (Wildman–Crippen LogP) is 6.51. The Bertz CT molecular complexity index is 1440. The number of hydrogen-bond acceptors (Lipinski definition) is 8. The summed E-state index contributed by atoms with van der Waals surface area (Å²) >= 11 is 1.53. The highest BCUT2D eigenvalue weighted by Crippen LogP contribution is 2.34. The molecule has 1 aliphatic rings. The minimum Gasteiger partial charge on any atom is -0.477 e. The largest absolute Gasteiger partial charge is 0.477 e. The van der Waals surface area contributed by atoms with Gasteiger partial charge in [-0.15, -0.1) is 0 Å². The number of sulfone groups is 1. The van der Waals surface area contributed by atoms with Crippen LogP contribution in [-0.4, -0.2) is 34.7 Å². The lowest BCUT2D eigenvalue weighted by Gasteiger charge is -2.22. The van der Waals surface area contributed by atoms with Crippen LogP contribution < -0.4 is 10.1 Å². The van der Waals surface area contributed by atoms with E-state index in [1.165, 1.54) is 30.6 Å². The van der Waals surface area contributed by atoms with Crippen LogP contribution >= 0.6 is 11.3 Å². The van der Waals surface area contributed by atoms with Crippen molar-refractivity contribution in [3.05, 3.63) is 42.5 Å². The summed E-state index contributed by atoms with van der Waals surface area (Å²) < 4.78 is 32.6. The van der Waals surface area contributed by atoms with Crippen molar-refractivity contribution in [2.75, 3.05) is 11.9 Å². The molecule has 1 N–H and O–H groups in total. The number of benzene rings is 2. The summed E-state index contributed by atoms with van der Waals surface area (Å²) in [6, 6.07) is 12.9. The molecule has 0 bridgehead atoms. The molecule has 5 rings (SSSR count). The van der Waals surface area contributed by atoms with Gasteiger partial charge >= 0.3 is 0 Å². The molecule has 184 valence electrons. The third-order valence-corrected chi connectivity index (χ3v) is 9.88. The molecule has 9 heteroatoms. The SMILES string of the molecule is CC(C)(C)S(=O)(=O)c1ccc2nc(Nc3nc4ccccc4s3)nc(OCC3CCCCC3)c2c1. The average Bonchev–Trinajstić information content (AvgIpc) is 3.24. The highest BCUT2D eigenvalue weighted by Gasteiger charge is 2.31. The molecular formula is C26H30N4O3S2. The summed E-state index contributed by atoms with van der Waals surface area (Å²) in [5.74, 6) is 1.26. The zero-order chi connectivity index (χ0) is 24.6. The van der Waals surface area contributed by atoms with Crippen LogP contribution in [-0.2, 0) is 9.84 Å². The summed E-state index contributed by atoms with van der Waals surface area (Å²) in [5, 5.41) is 4.51.